The first kappa shape index (κ1) is 33.9. The van der Waals surface area contributed by atoms with E-state index in [4.69, 9.17) is 10.7 Å². The van der Waals surface area contributed by atoms with Crippen LogP contribution in [0.15, 0.2) is 18.2 Å². The molecule has 0 amide bonds. The summed E-state index contributed by atoms with van der Waals surface area (Å²) >= 11 is 0. The predicted octanol–water partition coefficient (Wildman–Crippen LogP) is 2.52. The summed E-state index contributed by atoms with van der Waals surface area (Å²) < 4.78 is 0. The van der Waals surface area contributed by atoms with E-state index in [0.29, 0.717) is 11.7 Å². The molecule has 3 aromatic rings. The van der Waals surface area contributed by atoms with Gasteiger partial charge in [0.1, 0.15) is 22.7 Å². The Morgan fingerprint density at radius 2 is 1.88 bits per heavy atom. The molecule has 0 radical (unpaired) electrons. The van der Waals surface area contributed by atoms with Crippen LogP contribution in [0.25, 0.3) is 21.9 Å². The van der Waals surface area contributed by atoms with E-state index in [2.05, 4.69) is 49.9 Å². The minimum absolute atomic E-state index is 0. The molecule has 2 heterocycles. The number of aryl methyl sites for hydroxylation is 2. The summed E-state index contributed by atoms with van der Waals surface area (Å²) in [6.45, 7) is 7.35. The van der Waals surface area contributed by atoms with Gasteiger partial charge in [-0.2, -0.15) is 0 Å². The number of hydrogen-bond donors (Lipinski definition) is 2. The van der Waals surface area contributed by atoms with Crippen LogP contribution in [0, 0.1) is 20.4 Å². The molecule has 1 aromatic carbocycles. The van der Waals surface area contributed by atoms with Crippen molar-refractivity contribution in [3.05, 3.63) is 44.1 Å². The van der Waals surface area contributed by atoms with Crippen LogP contribution in [0.2, 0.25) is 0 Å². The number of unbranched alkanes of at least 4 members (excludes halogenated alkanes) is 3. The number of nitrogens with one attached hydrogen (secondary N) is 1. The van der Waals surface area contributed by atoms with Gasteiger partial charge in [-0.05, 0) is 63.0 Å². The van der Waals surface area contributed by atoms with Gasteiger partial charge in [-0.1, -0.05) is 45.7 Å². The van der Waals surface area contributed by atoms with Gasteiger partial charge in [0.15, 0.2) is 0 Å². The number of nitrogen functional groups attached to an aromatic ring is 1. The molecule has 0 saturated heterocycles. The van der Waals surface area contributed by atoms with Gasteiger partial charge < -0.3 is 27.9 Å². The number of pyridine rings is 1. The molecule has 6 nitrogen and oxygen atoms in total. The molecule has 2 aromatic heterocycles. The summed E-state index contributed by atoms with van der Waals surface area (Å²) in [5, 5.41) is 1.16. The van der Waals surface area contributed by atoms with E-state index in [0.717, 1.165) is 72.6 Å². The molecule has 34 heavy (non-hydrogen) atoms. The zero-order chi connectivity index (χ0) is 23.5. The van der Waals surface area contributed by atoms with Crippen molar-refractivity contribution in [2.24, 2.45) is 5.92 Å². The Morgan fingerprint density at radius 1 is 1.15 bits per heavy atom. The standard InChI is InChI=1S/C21H30N5.C4H10OP.CH3.K/c1-4-5-13-17-24-19-18-15(10-7-6-8-14-26(2)3)11-9-12-16(18)23-21(22)20(19)25-17;1-4(2)3-6-5;;/h9,11-12H,2,4-8,10,13-14H2,1,3H3,(H2,22,23)(H,24,25);4,6H,3H2,1-2H3;1H3;/q3*-1;+1. The number of H-pyrrole nitrogens is 1. The van der Waals surface area contributed by atoms with Crippen molar-refractivity contribution in [2.75, 3.05) is 25.5 Å². The molecule has 8 heteroatoms. The van der Waals surface area contributed by atoms with Crippen molar-refractivity contribution in [1.29, 1.82) is 0 Å². The summed E-state index contributed by atoms with van der Waals surface area (Å²) in [6, 6.07) is 6.31. The average molecular weight is 512 g/mol. The van der Waals surface area contributed by atoms with Gasteiger partial charge in [-0.3, -0.25) is 7.05 Å². The predicted molar refractivity (Wildman–Crippen MR) is 144 cm³/mol. The number of anilines is 1. The van der Waals surface area contributed by atoms with Crippen molar-refractivity contribution >= 4 is 36.6 Å². The second kappa shape index (κ2) is 18.2. The SMILES string of the molecule is CC(C)CP[O-].[CH2-]N(C)CCCCCc1cccc2nc(N)c3[nH]c(CCCC)nc3c12.[CH3-].[K+]. The first-order valence-corrected chi connectivity index (χ1v) is 12.9. The molecular weight excluding hydrogens is 468 g/mol. The summed E-state index contributed by atoms with van der Waals surface area (Å²) in [7, 11) is 5.81. The van der Waals surface area contributed by atoms with E-state index in [-0.39, 0.29) is 67.6 Å². The second-order valence-electron chi connectivity index (χ2n) is 8.95. The van der Waals surface area contributed by atoms with Crippen LogP contribution >= 0.6 is 8.81 Å². The summed E-state index contributed by atoms with van der Waals surface area (Å²) in [5.74, 6) is 2.15. The fraction of sp³-hybridized carbons (Fsp3) is 0.538. The van der Waals surface area contributed by atoms with Gasteiger partial charge in [0, 0.05) is 11.8 Å². The average Bonchev–Trinajstić information content (AvgIpc) is 3.17. The van der Waals surface area contributed by atoms with Crippen molar-refractivity contribution in [3.8, 4) is 0 Å². The molecule has 1 atom stereocenters. The number of aromatic amines is 1. The van der Waals surface area contributed by atoms with E-state index in [1.807, 2.05) is 18.0 Å². The maximum Gasteiger partial charge on any atom is 1.00 e. The summed E-state index contributed by atoms with van der Waals surface area (Å²) in [5.41, 5.74) is 10.3. The zero-order valence-corrected chi connectivity index (χ0v) is 26.3. The van der Waals surface area contributed by atoms with E-state index in [1.54, 1.807) is 0 Å². The third-order valence-electron chi connectivity index (χ3n) is 5.36. The Balaban J connectivity index is 0.00000121. The molecule has 1 unspecified atom stereocenters. The minimum Gasteiger partial charge on any atom is -0.832 e. The van der Waals surface area contributed by atoms with Crippen molar-refractivity contribution in [2.45, 2.75) is 65.7 Å². The van der Waals surface area contributed by atoms with Crippen LogP contribution < -0.4 is 62.0 Å². The molecule has 3 rings (SSSR count). The van der Waals surface area contributed by atoms with Gasteiger partial charge in [0.2, 0.25) is 0 Å². The first-order chi connectivity index (χ1) is 15.4. The Kier molecular flexibility index (Phi) is 18.1. The number of rotatable bonds is 11. The van der Waals surface area contributed by atoms with Crippen LogP contribution in [0.4, 0.5) is 5.82 Å². The molecule has 186 valence electrons. The number of aromatic nitrogens is 3. The van der Waals surface area contributed by atoms with E-state index < -0.39 is 0 Å². The fourth-order valence-corrected chi connectivity index (χ4v) is 3.97. The van der Waals surface area contributed by atoms with Crippen LogP contribution in [0.3, 0.4) is 0 Å². The monoisotopic (exact) mass is 511 g/mol. The molecule has 0 aliphatic rings. The third kappa shape index (κ3) is 10.9. The number of benzene rings is 1. The van der Waals surface area contributed by atoms with E-state index in [1.165, 1.54) is 18.4 Å². The topological polar surface area (TPSA) is 93.9 Å². The van der Waals surface area contributed by atoms with Crippen molar-refractivity contribution in [3.63, 3.8) is 0 Å². The Labute approximate surface area is 251 Å². The maximum absolute atomic E-state index is 9.77. The molecule has 3 N–H and O–H groups in total. The molecule has 0 bridgehead atoms. The molecule has 0 aliphatic carbocycles. The van der Waals surface area contributed by atoms with Gasteiger partial charge in [0.05, 0.1) is 5.52 Å². The van der Waals surface area contributed by atoms with Crippen LogP contribution in [-0.2, 0) is 12.8 Å². The van der Waals surface area contributed by atoms with Crippen LogP contribution in [0.5, 0.6) is 0 Å². The van der Waals surface area contributed by atoms with Gasteiger partial charge in [0.25, 0.3) is 0 Å². The molecular formula is C26H43KN5OP-2. The number of imidazole rings is 1. The van der Waals surface area contributed by atoms with Gasteiger partial charge in [-0.25, -0.2) is 18.8 Å². The van der Waals surface area contributed by atoms with Gasteiger partial charge >= 0.3 is 51.4 Å². The number of fused-ring (bicyclic) bond motifs is 3. The largest absolute Gasteiger partial charge is 1.00 e. The smallest absolute Gasteiger partial charge is 0.832 e. The second-order valence-corrected chi connectivity index (χ2v) is 9.65. The van der Waals surface area contributed by atoms with E-state index in [9.17, 15) is 4.89 Å². The summed E-state index contributed by atoms with van der Waals surface area (Å²) in [4.78, 5) is 24.7. The number of nitrogens with zero attached hydrogens (tertiary/aromatic N) is 3. The number of hydrogen-bond acceptors (Lipinski definition) is 5. The third-order valence-corrected chi connectivity index (χ3v) is 6.34. The van der Waals surface area contributed by atoms with Crippen molar-refractivity contribution in [1.82, 2.24) is 19.9 Å². The number of nitrogens with two attached hydrogens (primary N) is 1. The Morgan fingerprint density at radius 3 is 2.47 bits per heavy atom. The Hall–Kier alpha value is -0.114. The van der Waals surface area contributed by atoms with Gasteiger partial charge in [-0.15, -0.1) is 0 Å². The maximum atomic E-state index is 9.77. The zero-order valence-electron chi connectivity index (χ0n) is 22.2. The fourth-order valence-electron chi connectivity index (χ4n) is 3.64. The van der Waals surface area contributed by atoms with Crippen molar-refractivity contribution < 1.29 is 56.3 Å². The normalized spacial score (nSPS) is 11.2. The first-order valence-electron chi connectivity index (χ1n) is 11.8. The quantitative estimate of drug-likeness (QED) is 0.179. The molecule has 0 aliphatic heterocycles. The molecule has 0 spiro atoms. The van der Waals surface area contributed by atoms with Crippen LogP contribution in [0.1, 0.15) is 64.3 Å². The van der Waals surface area contributed by atoms with Crippen LogP contribution in [-0.4, -0.2) is 39.6 Å². The Bertz CT molecular complexity index is 961. The van der Waals surface area contributed by atoms with E-state index >= 15 is 0 Å². The summed E-state index contributed by atoms with van der Waals surface area (Å²) in [6.07, 6.45) is 8.64. The molecule has 0 saturated carbocycles. The molecule has 0 fully saturated rings. The minimum atomic E-state index is -0.112.